The molecule has 0 bridgehead atoms. The van der Waals surface area contributed by atoms with E-state index >= 15 is 0 Å². The maximum absolute atomic E-state index is 12.0. The lowest BCUT2D eigenvalue weighted by atomic mass is 10.2. The summed E-state index contributed by atoms with van der Waals surface area (Å²) >= 11 is 6.43. The topological polar surface area (TPSA) is 60.5 Å². The van der Waals surface area contributed by atoms with Crippen LogP contribution >= 0.6 is 38.6 Å². The van der Waals surface area contributed by atoms with Crippen LogP contribution in [0.15, 0.2) is 21.3 Å². The standard InChI is InChI=1S/C13H13BrN2O3S2/c14-8-5-10(20-6-8)13-15-9(7-21-13)12(17)16-19-11-3-1-2-4-18-11/h5-7,11H,1-4H2,(H,16,17)/t11-/m0/s1. The fourth-order valence-corrected chi connectivity index (χ4v) is 4.20. The van der Waals surface area contributed by atoms with E-state index in [1.54, 1.807) is 16.7 Å². The number of nitrogens with zero attached hydrogens (tertiary/aromatic N) is 1. The molecule has 1 atom stereocenters. The highest BCUT2D eigenvalue weighted by Crippen LogP contribution is 2.31. The Balaban J connectivity index is 1.59. The van der Waals surface area contributed by atoms with E-state index in [2.05, 4.69) is 26.4 Å². The lowest BCUT2D eigenvalue weighted by molar-refractivity contribution is -0.186. The third-order valence-electron chi connectivity index (χ3n) is 2.94. The Kier molecular flexibility index (Phi) is 5.02. The highest BCUT2D eigenvalue weighted by atomic mass is 79.9. The van der Waals surface area contributed by atoms with Gasteiger partial charge in [0.25, 0.3) is 5.91 Å². The van der Waals surface area contributed by atoms with Crippen molar-refractivity contribution in [3.8, 4) is 9.88 Å². The highest BCUT2D eigenvalue weighted by Gasteiger charge is 2.18. The van der Waals surface area contributed by atoms with Crippen molar-refractivity contribution in [2.45, 2.75) is 25.6 Å². The molecule has 0 saturated carbocycles. The fraction of sp³-hybridized carbons (Fsp3) is 0.385. The maximum Gasteiger partial charge on any atom is 0.294 e. The molecule has 2 aromatic rings. The first-order chi connectivity index (χ1) is 10.2. The summed E-state index contributed by atoms with van der Waals surface area (Å²) in [6.45, 7) is 0.675. The molecule has 1 saturated heterocycles. The van der Waals surface area contributed by atoms with Crippen LogP contribution in [0, 0.1) is 0 Å². The van der Waals surface area contributed by atoms with Crippen molar-refractivity contribution in [2.75, 3.05) is 6.61 Å². The smallest absolute Gasteiger partial charge is 0.294 e. The van der Waals surface area contributed by atoms with E-state index in [0.717, 1.165) is 33.6 Å². The summed E-state index contributed by atoms with van der Waals surface area (Å²) in [5, 5.41) is 4.54. The van der Waals surface area contributed by atoms with Gasteiger partial charge in [0.2, 0.25) is 0 Å². The second kappa shape index (κ2) is 6.97. The minimum atomic E-state index is -0.353. The first-order valence-corrected chi connectivity index (χ1v) is 9.05. The van der Waals surface area contributed by atoms with Crippen LogP contribution in [0.5, 0.6) is 0 Å². The zero-order valence-corrected chi connectivity index (χ0v) is 14.2. The van der Waals surface area contributed by atoms with Gasteiger partial charge in [0.1, 0.15) is 10.7 Å². The van der Waals surface area contributed by atoms with Gasteiger partial charge in [0.15, 0.2) is 6.29 Å². The van der Waals surface area contributed by atoms with Gasteiger partial charge in [-0.3, -0.25) is 4.79 Å². The molecule has 1 fully saturated rings. The van der Waals surface area contributed by atoms with E-state index in [4.69, 9.17) is 9.57 Å². The molecule has 1 N–H and O–H groups in total. The van der Waals surface area contributed by atoms with Crippen LogP contribution in [0.25, 0.3) is 9.88 Å². The fourth-order valence-electron chi connectivity index (χ4n) is 1.89. The predicted molar refractivity (Wildman–Crippen MR) is 85.3 cm³/mol. The molecule has 0 unspecified atom stereocenters. The third kappa shape index (κ3) is 3.89. The van der Waals surface area contributed by atoms with E-state index in [1.807, 2.05) is 11.4 Å². The molecule has 3 rings (SSSR count). The van der Waals surface area contributed by atoms with Gasteiger partial charge in [-0.15, -0.1) is 22.7 Å². The van der Waals surface area contributed by atoms with Crippen molar-refractivity contribution in [2.24, 2.45) is 0 Å². The van der Waals surface area contributed by atoms with E-state index in [-0.39, 0.29) is 12.2 Å². The summed E-state index contributed by atoms with van der Waals surface area (Å²) in [6.07, 6.45) is 2.54. The van der Waals surface area contributed by atoms with Gasteiger partial charge in [-0.1, -0.05) is 0 Å². The Morgan fingerprint density at radius 2 is 2.33 bits per heavy atom. The van der Waals surface area contributed by atoms with Crippen LogP contribution in [-0.2, 0) is 9.57 Å². The number of halogens is 1. The highest BCUT2D eigenvalue weighted by molar-refractivity contribution is 9.10. The van der Waals surface area contributed by atoms with Gasteiger partial charge >= 0.3 is 0 Å². The normalized spacial score (nSPS) is 18.6. The van der Waals surface area contributed by atoms with Crippen LogP contribution in [0.1, 0.15) is 29.8 Å². The number of ether oxygens (including phenoxy) is 1. The van der Waals surface area contributed by atoms with Crippen LogP contribution in [0.3, 0.4) is 0 Å². The van der Waals surface area contributed by atoms with E-state index in [9.17, 15) is 4.79 Å². The summed E-state index contributed by atoms with van der Waals surface area (Å²) in [5.41, 5.74) is 2.77. The first-order valence-electron chi connectivity index (χ1n) is 6.50. The predicted octanol–water partition coefficient (Wildman–Crippen LogP) is 3.82. The Bertz CT molecular complexity index is 622. The Morgan fingerprint density at radius 1 is 1.43 bits per heavy atom. The second-order valence-corrected chi connectivity index (χ2v) is 7.20. The molecule has 0 aromatic carbocycles. The number of carbonyl (C=O) groups is 1. The van der Waals surface area contributed by atoms with Gasteiger partial charge in [0.05, 0.1) is 4.88 Å². The molecule has 8 heteroatoms. The van der Waals surface area contributed by atoms with E-state index in [1.165, 1.54) is 11.3 Å². The number of hydroxylamine groups is 1. The quantitative estimate of drug-likeness (QED) is 0.808. The molecule has 0 spiro atoms. The average Bonchev–Trinajstić information content (AvgIpc) is 3.14. The maximum atomic E-state index is 12.0. The molecule has 5 nitrogen and oxygen atoms in total. The monoisotopic (exact) mass is 388 g/mol. The number of aromatic nitrogens is 1. The summed E-state index contributed by atoms with van der Waals surface area (Å²) in [7, 11) is 0. The molecule has 2 aromatic heterocycles. The van der Waals surface area contributed by atoms with Crippen molar-refractivity contribution >= 4 is 44.5 Å². The number of hydrogen-bond donors (Lipinski definition) is 1. The second-order valence-electron chi connectivity index (χ2n) is 4.51. The zero-order chi connectivity index (χ0) is 14.7. The molecule has 1 aliphatic heterocycles. The SMILES string of the molecule is O=C(NO[C@H]1CCCCO1)c1csc(-c2cc(Br)cs2)n1. The molecule has 1 aliphatic rings. The van der Waals surface area contributed by atoms with E-state index < -0.39 is 0 Å². The van der Waals surface area contributed by atoms with Gasteiger partial charge < -0.3 is 4.74 Å². The first kappa shape index (κ1) is 15.1. The zero-order valence-electron chi connectivity index (χ0n) is 11.0. The van der Waals surface area contributed by atoms with Crippen LogP contribution < -0.4 is 5.48 Å². The Morgan fingerprint density at radius 3 is 3.05 bits per heavy atom. The number of nitrogens with one attached hydrogen (secondary N) is 1. The van der Waals surface area contributed by atoms with Gasteiger partial charge in [-0.2, -0.15) is 0 Å². The lowest BCUT2D eigenvalue weighted by Gasteiger charge is -2.21. The van der Waals surface area contributed by atoms with Crippen LogP contribution in [0.2, 0.25) is 0 Å². The van der Waals surface area contributed by atoms with Crippen LogP contribution in [0.4, 0.5) is 0 Å². The number of hydrogen-bond acceptors (Lipinski definition) is 6. The van der Waals surface area contributed by atoms with Gasteiger partial charge in [-0.05, 0) is 34.8 Å². The molecule has 112 valence electrons. The number of amides is 1. The van der Waals surface area contributed by atoms with Crippen molar-refractivity contribution < 1.29 is 14.4 Å². The Hall–Kier alpha value is -0.800. The summed E-state index contributed by atoms with van der Waals surface area (Å²) in [5.74, 6) is -0.345. The number of rotatable bonds is 4. The minimum Gasteiger partial charge on any atom is -0.350 e. The van der Waals surface area contributed by atoms with Crippen molar-refractivity contribution in [1.29, 1.82) is 0 Å². The molecule has 3 heterocycles. The molecular weight excluding hydrogens is 376 g/mol. The molecule has 1 amide bonds. The number of thiophene rings is 1. The molecule has 0 radical (unpaired) electrons. The van der Waals surface area contributed by atoms with Crippen molar-refractivity contribution in [3.05, 3.63) is 27.0 Å². The molecule has 21 heavy (non-hydrogen) atoms. The largest absolute Gasteiger partial charge is 0.350 e. The van der Waals surface area contributed by atoms with Crippen molar-refractivity contribution in [3.63, 3.8) is 0 Å². The summed E-state index contributed by atoms with van der Waals surface area (Å²) < 4.78 is 6.40. The van der Waals surface area contributed by atoms with Crippen LogP contribution in [-0.4, -0.2) is 23.8 Å². The summed E-state index contributed by atoms with van der Waals surface area (Å²) in [4.78, 5) is 22.6. The number of thiazole rings is 1. The van der Waals surface area contributed by atoms with Crippen molar-refractivity contribution in [1.82, 2.24) is 10.5 Å². The van der Waals surface area contributed by atoms with E-state index in [0.29, 0.717) is 12.3 Å². The van der Waals surface area contributed by atoms with Gasteiger partial charge in [-0.25, -0.2) is 15.3 Å². The number of carbonyl (C=O) groups excluding carboxylic acids is 1. The summed E-state index contributed by atoms with van der Waals surface area (Å²) in [6, 6.07) is 1.98. The minimum absolute atomic E-state index is 0.345. The lowest BCUT2D eigenvalue weighted by Crippen LogP contribution is -2.33. The molecular formula is C13H13BrN2O3S2. The third-order valence-corrected chi connectivity index (χ3v) is 5.64. The Labute approximate surface area is 138 Å². The average molecular weight is 389 g/mol. The molecule has 0 aliphatic carbocycles. The van der Waals surface area contributed by atoms with Gasteiger partial charge in [0, 0.05) is 28.3 Å².